The van der Waals surface area contributed by atoms with Crippen molar-refractivity contribution in [2.24, 2.45) is 5.92 Å². The monoisotopic (exact) mass is 320 g/mol. The van der Waals surface area contributed by atoms with Crippen LogP contribution in [0, 0.1) is 5.92 Å². The van der Waals surface area contributed by atoms with E-state index in [1.54, 1.807) is 0 Å². The van der Waals surface area contributed by atoms with Gasteiger partial charge in [0.2, 0.25) is 0 Å². The van der Waals surface area contributed by atoms with Gasteiger partial charge in [0.25, 0.3) is 5.91 Å². The summed E-state index contributed by atoms with van der Waals surface area (Å²) in [6, 6.07) is 7.65. The average Bonchev–Trinajstić information content (AvgIpc) is 2.55. The lowest BCUT2D eigenvalue weighted by Crippen LogP contribution is -2.35. The molecule has 1 fully saturated rings. The molecule has 0 spiro atoms. The van der Waals surface area contributed by atoms with Gasteiger partial charge >= 0.3 is 0 Å². The first kappa shape index (κ1) is 17.8. The number of carbonyl (C=O) groups excluding carboxylic acids is 1. The largest absolute Gasteiger partial charge is 0.393 e. The maximum atomic E-state index is 12.1. The first-order valence-electron chi connectivity index (χ1n) is 8.45. The zero-order chi connectivity index (χ0) is 16.7. The third-order valence-electron chi connectivity index (χ3n) is 3.94. The molecule has 1 aromatic carbocycles. The summed E-state index contributed by atoms with van der Waals surface area (Å²) in [5.74, 6) is 0.438. The molecule has 0 bridgehead atoms. The molecule has 1 heterocycles. The molecule has 1 aliphatic rings. The first-order chi connectivity index (χ1) is 11.1. The van der Waals surface area contributed by atoms with Crippen LogP contribution in [0.3, 0.4) is 0 Å². The summed E-state index contributed by atoms with van der Waals surface area (Å²) in [5.41, 5.74) is 1.77. The Morgan fingerprint density at radius 2 is 1.96 bits per heavy atom. The number of anilines is 1. The number of benzene rings is 1. The van der Waals surface area contributed by atoms with Crippen molar-refractivity contribution in [2.45, 2.75) is 32.8 Å². The lowest BCUT2D eigenvalue weighted by atomic mass is 10.1. The van der Waals surface area contributed by atoms with Crippen LogP contribution < -0.4 is 10.2 Å². The lowest BCUT2D eigenvalue weighted by molar-refractivity contribution is 0.0886. The van der Waals surface area contributed by atoms with E-state index in [0.717, 1.165) is 38.2 Å². The highest BCUT2D eigenvalue weighted by molar-refractivity contribution is 5.94. The Morgan fingerprint density at radius 1 is 1.30 bits per heavy atom. The number of aliphatic hydroxyl groups is 1. The standard InChI is InChI=1S/C18H28N2O3/c1-14(2)13-23-12-9-19-18(22)15-3-5-16(6-4-15)20-10-7-17(21)8-11-20/h3-6,14,17,21H,7-13H2,1-2H3,(H,19,22). The van der Waals surface area contributed by atoms with Gasteiger partial charge < -0.3 is 20.1 Å². The summed E-state index contributed by atoms with van der Waals surface area (Å²) < 4.78 is 5.45. The zero-order valence-corrected chi connectivity index (χ0v) is 14.1. The second-order valence-electron chi connectivity index (χ2n) is 6.49. The fraction of sp³-hybridized carbons (Fsp3) is 0.611. The van der Waals surface area contributed by atoms with E-state index < -0.39 is 0 Å². The molecule has 23 heavy (non-hydrogen) atoms. The van der Waals surface area contributed by atoms with Gasteiger partial charge in [0.15, 0.2) is 0 Å². The molecular weight excluding hydrogens is 292 g/mol. The molecule has 5 heteroatoms. The number of rotatable bonds is 7. The summed E-state index contributed by atoms with van der Waals surface area (Å²) in [4.78, 5) is 14.3. The second kappa shape index (κ2) is 8.89. The molecule has 2 rings (SSSR count). The molecule has 0 radical (unpaired) electrons. The molecule has 2 N–H and O–H groups in total. The van der Waals surface area contributed by atoms with Crippen LogP contribution in [0.5, 0.6) is 0 Å². The van der Waals surface area contributed by atoms with E-state index in [0.29, 0.717) is 24.6 Å². The summed E-state index contributed by atoms with van der Waals surface area (Å²) >= 11 is 0. The van der Waals surface area contributed by atoms with Gasteiger partial charge in [-0.1, -0.05) is 13.8 Å². The molecule has 0 atom stereocenters. The van der Waals surface area contributed by atoms with Crippen LogP contribution >= 0.6 is 0 Å². The van der Waals surface area contributed by atoms with Crippen LogP contribution in [0.15, 0.2) is 24.3 Å². The van der Waals surface area contributed by atoms with Crippen molar-refractivity contribution < 1.29 is 14.6 Å². The van der Waals surface area contributed by atoms with Crippen molar-refractivity contribution in [2.75, 3.05) is 37.7 Å². The molecule has 1 saturated heterocycles. The fourth-order valence-electron chi connectivity index (χ4n) is 2.61. The van der Waals surface area contributed by atoms with Gasteiger partial charge in [0.05, 0.1) is 12.7 Å². The molecule has 1 aliphatic heterocycles. The molecule has 0 unspecified atom stereocenters. The van der Waals surface area contributed by atoms with E-state index in [-0.39, 0.29) is 12.0 Å². The number of aliphatic hydroxyl groups excluding tert-OH is 1. The van der Waals surface area contributed by atoms with Crippen LogP contribution in [-0.2, 0) is 4.74 Å². The SMILES string of the molecule is CC(C)COCCNC(=O)c1ccc(N2CCC(O)CC2)cc1. The first-order valence-corrected chi connectivity index (χ1v) is 8.45. The van der Waals surface area contributed by atoms with Crippen LogP contribution in [-0.4, -0.2) is 50.0 Å². The topological polar surface area (TPSA) is 61.8 Å². The summed E-state index contributed by atoms with van der Waals surface area (Å²) in [7, 11) is 0. The van der Waals surface area contributed by atoms with Gasteiger partial charge in [-0.3, -0.25) is 4.79 Å². The second-order valence-corrected chi connectivity index (χ2v) is 6.49. The zero-order valence-electron chi connectivity index (χ0n) is 14.1. The number of nitrogens with one attached hydrogen (secondary N) is 1. The van der Waals surface area contributed by atoms with Crippen LogP contribution in [0.1, 0.15) is 37.0 Å². The predicted octanol–water partition coefficient (Wildman–Crippen LogP) is 2.05. The minimum Gasteiger partial charge on any atom is -0.393 e. The minimum absolute atomic E-state index is 0.0706. The molecule has 5 nitrogen and oxygen atoms in total. The number of hydrogen-bond donors (Lipinski definition) is 2. The van der Waals surface area contributed by atoms with E-state index >= 15 is 0 Å². The summed E-state index contributed by atoms with van der Waals surface area (Å²) in [6.45, 7) is 7.71. The Bertz CT molecular complexity index is 480. The van der Waals surface area contributed by atoms with Gasteiger partial charge in [0.1, 0.15) is 0 Å². The maximum absolute atomic E-state index is 12.1. The highest BCUT2D eigenvalue weighted by atomic mass is 16.5. The smallest absolute Gasteiger partial charge is 0.251 e. The molecule has 1 amide bonds. The van der Waals surface area contributed by atoms with E-state index in [1.165, 1.54) is 0 Å². The molecule has 0 saturated carbocycles. The number of carbonyl (C=O) groups is 1. The maximum Gasteiger partial charge on any atom is 0.251 e. The van der Waals surface area contributed by atoms with Gasteiger partial charge in [-0.05, 0) is 43.0 Å². The Balaban J connectivity index is 1.76. The highest BCUT2D eigenvalue weighted by Crippen LogP contribution is 2.20. The number of amides is 1. The van der Waals surface area contributed by atoms with Crippen LogP contribution in [0.4, 0.5) is 5.69 Å². The normalized spacial score (nSPS) is 15.9. The summed E-state index contributed by atoms with van der Waals surface area (Å²) in [6.07, 6.45) is 1.44. The van der Waals surface area contributed by atoms with Crippen molar-refractivity contribution in [3.8, 4) is 0 Å². The third-order valence-corrected chi connectivity index (χ3v) is 3.94. The van der Waals surface area contributed by atoms with Gasteiger partial charge in [-0.25, -0.2) is 0 Å². The molecule has 1 aromatic rings. The van der Waals surface area contributed by atoms with Crippen molar-refractivity contribution in [3.63, 3.8) is 0 Å². The molecule has 128 valence electrons. The van der Waals surface area contributed by atoms with E-state index in [1.807, 2.05) is 24.3 Å². The van der Waals surface area contributed by atoms with Crippen molar-refractivity contribution in [1.29, 1.82) is 0 Å². The number of ether oxygens (including phenoxy) is 1. The lowest BCUT2D eigenvalue weighted by Gasteiger charge is -2.31. The van der Waals surface area contributed by atoms with Crippen molar-refractivity contribution >= 4 is 11.6 Å². The Labute approximate surface area is 138 Å². The average molecular weight is 320 g/mol. The predicted molar refractivity (Wildman–Crippen MR) is 91.9 cm³/mol. The Morgan fingerprint density at radius 3 is 2.57 bits per heavy atom. The van der Waals surface area contributed by atoms with E-state index in [9.17, 15) is 9.90 Å². The minimum atomic E-state index is -0.172. The Kier molecular flexibility index (Phi) is 6.86. The molecule has 0 aromatic heterocycles. The highest BCUT2D eigenvalue weighted by Gasteiger charge is 2.17. The third kappa shape index (κ3) is 5.84. The van der Waals surface area contributed by atoms with Crippen molar-refractivity contribution in [3.05, 3.63) is 29.8 Å². The quantitative estimate of drug-likeness (QED) is 0.755. The number of nitrogens with zero attached hydrogens (tertiary/aromatic N) is 1. The van der Waals surface area contributed by atoms with Crippen LogP contribution in [0.25, 0.3) is 0 Å². The van der Waals surface area contributed by atoms with E-state index in [4.69, 9.17) is 4.74 Å². The fourth-order valence-corrected chi connectivity index (χ4v) is 2.61. The number of piperidine rings is 1. The van der Waals surface area contributed by atoms with Gasteiger partial charge in [-0.15, -0.1) is 0 Å². The van der Waals surface area contributed by atoms with Gasteiger partial charge in [0, 0.05) is 37.5 Å². The number of hydrogen-bond acceptors (Lipinski definition) is 4. The van der Waals surface area contributed by atoms with Crippen LogP contribution in [0.2, 0.25) is 0 Å². The van der Waals surface area contributed by atoms with Gasteiger partial charge in [-0.2, -0.15) is 0 Å². The molecule has 0 aliphatic carbocycles. The summed E-state index contributed by atoms with van der Waals surface area (Å²) in [5, 5.41) is 12.4. The van der Waals surface area contributed by atoms with Crippen molar-refractivity contribution in [1.82, 2.24) is 5.32 Å². The Hall–Kier alpha value is -1.59. The molecular formula is C18H28N2O3. The van der Waals surface area contributed by atoms with E-state index in [2.05, 4.69) is 24.1 Å².